The Hall–Kier alpha value is -1.76. The van der Waals surface area contributed by atoms with Crippen LogP contribution < -0.4 is 0 Å². The molecule has 0 unspecified atom stereocenters. The van der Waals surface area contributed by atoms with Gasteiger partial charge in [-0.05, 0) is 41.9 Å². The van der Waals surface area contributed by atoms with Crippen LogP contribution in [0.15, 0.2) is 27.3 Å². The van der Waals surface area contributed by atoms with E-state index in [1.807, 2.05) is 0 Å². The Morgan fingerprint density at radius 2 is 2.33 bits per heavy atom. The van der Waals surface area contributed by atoms with Gasteiger partial charge in [-0.1, -0.05) is 5.16 Å². The van der Waals surface area contributed by atoms with Crippen LogP contribution in [0.2, 0.25) is 0 Å². The Morgan fingerprint density at radius 1 is 1.56 bits per heavy atom. The quantitative estimate of drug-likeness (QED) is 0.810. The van der Waals surface area contributed by atoms with Crippen molar-refractivity contribution in [2.75, 3.05) is 0 Å². The molecule has 0 N–H and O–H groups in total. The lowest BCUT2D eigenvalue weighted by Crippen LogP contribution is -2.11. The summed E-state index contributed by atoms with van der Waals surface area (Å²) < 4.78 is 10.7. The van der Waals surface area contributed by atoms with Gasteiger partial charge in [0.2, 0.25) is 0 Å². The molecule has 0 amide bonds. The number of carbonyl (C=O) groups is 1. The first-order valence-electron chi connectivity index (χ1n) is 5.19. The molecular weight excluding hydrogens is 302 g/mol. The molecule has 0 fully saturated rings. The van der Waals surface area contributed by atoms with E-state index in [4.69, 9.17) is 9.26 Å². The van der Waals surface area contributed by atoms with Gasteiger partial charge in [0.1, 0.15) is 0 Å². The largest absolute Gasteiger partial charge is 0.448 e. The van der Waals surface area contributed by atoms with E-state index < -0.39 is 12.1 Å². The minimum Gasteiger partial charge on any atom is -0.448 e. The minimum atomic E-state index is -0.618. The molecule has 2 rings (SSSR count). The maximum Gasteiger partial charge on any atom is 0.358 e. The van der Waals surface area contributed by atoms with Gasteiger partial charge in [-0.15, -0.1) is 0 Å². The Kier molecular flexibility index (Phi) is 3.71. The molecule has 1 atom stereocenters. The van der Waals surface area contributed by atoms with E-state index >= 15 is 0 Å². The van der Waals surface area contributed by atoms with Crippen molar-refractivity contribution in [1.82, 2.24) is 15.1 Å². The zero-order valence-corrected chi connectivity index (χ0v) is 11.3. The third kappa shape index (κ3) is 2.73. The second-order valence-corrected chi connectivity index (χ2v) is 4.42. The van der Waals surface area contributed by atoms with Gasteiger partial charge in [0, 0.05) is 6.20 Å². The third-order valence-corrected chi connectivity index (χ3v) is 2.77. The van der Waals surface area contributed by atoms with Gasteiger partial charge in [-0.3, -0.25) is 0 Å². The van der Waals surface area contributed by atoms with Gasteiger partial charge < -0.3 is 9.26 Å². The highest BCUT2D eigenvalue weighted by molar-refractivity contribution is 9.10. The topological polar surface area (TPSA) is 78.1 Å². The second kappa shape index (κ2) is 5.26. The minimum absolute atomic E-state index is 0.209. The first kappa shape index (κ1) is 12.7. The summed E-state index contributed by atoms with van der Waals surface area (Å²) in [6.45, 7) is 3.35. The lowest BCUT2D eigenvalue weighted by molar-refractivity contribution is 0.0257. The molecule has 0 spiro atoms. The molecule has 0 aromatic carbocycles. The average molecular weight is 312 g/mol. The Labute approximate surface area is 111 Å². The van der Waals surface area contributed by atoms with Crippen molar-refractivity contribution in [1.29, 1.82) is 0 Å². The fourth-order valence-electron chi connectivity index (χ4n) is 1.28. The van der Waals surface area contributed by atoms with Crippen LogP contribution in [0.25, 0.3) is 0 Å². The number of esters is 1. The Morgan fingerprint density at radius 3 is 2.94 bits per heavy atom. The van der Waals surface area contributed by atoms with Gasteiger partial charge in [-0.25, -0.2) is 9.78 Å². The number of aryl methyl sites for hydroxylation is 1. The summed E-state index contributed by atoms with van der Waals surface area (Å²) in [7, 11) is 0. The third-order valence-electron chi connectivity index (χ3n) is 2.13. The fraction of sp³-hybridized carbons (Fsp3) is 0.273. The zero-order chi connectivity index (χ0) is 13.1. The first-order chi connectivity index (χ1) is 8.58. The van der Waals surface area contributed by atoms with Crippen LogP contribution in [0, 0.1) is 6.92 Å². The van der Waals surface area contributed by atoms with E-state index in [9.17, 15) is 4.79 Å². The lowest BCUT2D eigenvalue weighted by Gasteiger charge is -2.09. The van der Waals surface area contributed by atoms with Crippen molar-refractivity contribution in [2.45, 2.75) is 20.0 Å². The monoisotopic (exact) mass is 311 g/mol. The number of aromatic nitrogens is 3. The highest BCUT2D eigenvalue weighted by atomic mass is 79.9. The predicted octanol–water partition coefficient (Wildman–Crippen LogP) is 2.45. The predicted molar refractivity (Wildman–Crippen MR) is 64.8 cm³/mol. The molecule has 0 saturated carbocycles. The summed E-state index contributed by atoms with van der Waals surface area (Å²) in [6.07, 6.45) is 0.899. The smallest absolute Gasteiger partial charge is 0.358 e. The van der Waals surface area contributed by atoms with Crippen molar-refractivity contribution in [3.8, 4) is 0 Å². The zero-order valence-electron chi connectivity index (χ0n) is 9.75. The molecule has 18 heavy (non-hydrogen) atoms. The van der Waals surface area contributed by atoms with E-state index in [0.29, 0.717) is 10.3 Å². The Bertz CT molecular complexity index is 570. The number of nitrogens with zero attached hydrogens (tertiary/aromatic N) is 3. The van der Waals surface area contributed by atoms with E-state index in [-0.39, 0.29) is 11.6 Å². The number of pyridine rings is 1. The van der Waals surface area contributed by atoms with Gasteiger partial charge >= 0.3 is 5.97 Å². The first-order valence-corrected chi connectivity index (χ1v) is 5.99. The molecule has 2 heterocycles. The SMILES string of the molecule is Cc1noc([C@H](C)OC(=O)c2ncccc2Br)n1. The molecule has 94 valence electrons. The standard InChI is InChI=1S/C11H10BrN3O3/c1-6(10-14-7(2)15-18-10)17-11(16)9-8(12)4-3-5-13-9/h3-6H,1-2H3/t6-/m0/s1. The van der Waals surface area contributed by atoms with E-state index in [1.54, 1.807) is 26.0 Å². The Balaban J connectivity index is 2.10. The lowest BCUT2D eigenvalue weighted by atomic mass is 10.3. The number of hydrogen-bond acceptors (Lipinski definition) is 6. The van der Waals surface area contributed by atoms with E-state index in [1.165, 1.54) is 6.20 Å². The summed E-state index contributed by atoms with van der Waals surface area (Å²) in [4.78, 5) is 19.8. The number of ether oxygens (including phenoxy) is 1. The molecule has 2 aromatic heterocycles. The number of halogens is 1. The molecule has 0 radical (unpaired) electrons. The van der Waals surface area contributed by atoms with Crippen LogP contribution >= 0.6 is 15.9 Å². The van der Waals surface area contributed by atoms with Crippen LogP contribution in [0.5, 0.6) is 0 Å². The molecule has 2 aromatic rings. The van der Waals surface area contributed by atoms with Gasteiger partial charge in [-0.2, -0.15) is 4.98 Å². The molecule has 0 bridgehead atoms. The summed E-state index contributed by atoms with van der Waals surface area (Å²) in [5.41, 5.74) is 0.209. The molecule has 6 nitrogen and oxygen atoms in total. The van der Waals surface area contributed by atoms with Crippen LogP contribution in [0.4, 0.5) is 0 Å². The van der Waals surface area contributed by atoms with Crippen LogP contribution in [0.1, 0.15) is 35.2 Å². The van der Waals surface area contributed by atoms with E-state index in [2.05, 4.69) is 31.1 Å². The summed E-state index contributed by atoms with van der Waals surface area (Å²) >= 11 is 3.23. The number of hydrogen-bond donors (Lipinski definition) is 0. The van der Waals surface area contributed by atoms with Crippen LogP contribution in [0.3, 0.4) is 0 Å². The van der Waals surface area contributed by atoms with Crippen molar-refractivity contribution in [2.24, 2.45) is 0 Å². The summed E-state index contributed by atoms with van der Waals surface area (Å²) in [6, 6.07) is 3.43. The maximum absolute atomic E-state index is 11.9. The van der Waals surface area contributed by atoms with Crippen molar-refractivity contribution < 1.29 is 14.1 Å². The molecule has 0 saturated heterocycles. The van der Waals surface area contributed by atoms with Gasteiger partial charge in [0.15, 0.2) is 17.6 Å². The normalized spacial score (nSPS) is 12.2. The highest BCUT2D eigenvalue weighted by Gasteiger charge is 2.20. The van der Waals surface area contributed by atoms with Crippen molar-refractivity contribution >= 4 is 21.9 Å². The average Bonchev–Trinajstić information content (AvgIpc) is 2.76. The molecule has 0 aliphatic heterocycles. The van der Waals surface area contributed by atoms with Gasteiger partial charge in [0.05, 0.1) is 4.47 Å². The molecule has 0 aliphatic carbocycles. The molecular formula is C11H10BrN3O3. The number of carbonyl (C=O) groups excluding carboxylic acids is 1. The highest BCUT2D eigenvalue weighted by Crippen LogP contribution is 2.19. The summed E-state index contributed by atoms with van der Waals surface area (Å²) in [5.74, 6) is 0.200. The molecule has 7 heteroatoms. The second-order valence-electron chi connectivity index (χ2n) is 3.56. The van der Waals surface area contributed by atoms with E-state index in [0.717, 1.165) is 0 Å². The number of rotatable bonds is 3. The van der Waals surface area contributed by atoms with Crippen LogP contribution in [-0.4, -0.2) is 21.1 Å². The van der Waals surface area contributed by atoms with Crippen molar-refractivity contribution in [3.05, 3.63) is 40.2 Å². The van der Waals surface area contributed by atoms with Crippen molar-refractivity contribution in [3.63, 3.8) is 0 Å². The van der Waals surface area contributed by atoms with Crippen LogP contribution in [-0.2, 0) is 4.74 Å². The summed E-state index contributed by atoms with van der Waals surface area (Å²) in [5, 5.41) is 3.63. The fourth-order valence-corrected chi connectivity index (χ4v) is 1.70. The maximum atomic E-state index is 11.9. The molecule has 0 aliphatic rings. The van der Waals surface area contributed by atoms with Gasteiger partial charge in [0.25, 0.3) is 5.89 Å².